The van der Waals surface area contributed by atoms with E-state index in [1.165, 1.54) is 19.1 Å². The Bertz CT molecular complexity index is 735. The van der Waals surface area contributed by atoms with Crippen LogP contribution in [0.25, 0.3) is 0 Å². The predicted molar refractivity (Wildman–Crippen MR) is 105 cm³/mol. The number of benzene rings is 1. The molecular weight excluding hydrogens is 380 g/mol. The van der Waals surface area contributed by atoms with Crippen LogP contribution >= 0.6 is 0 Å². The Labute approximate surface area is 168 Å². The van der Waals surface area contributed by atoms with Crippen molar-refractivity contribution in [2.45, 2.75) is 45.3 Å². The zero-order chi connectivity index (χ0) is 22.1. The largest absolute Gasteiger partial charge is 0.508 e. The molecule has 0 aliphatic carbocycles. The molecule has 0 heterocycles. The van der Waals surface area contributed by atoms with Crippen LogP contribution in [0.15, 0.2) is 24.3 Å². The molecule has 10 nitrogen and oxygen atoms in total. The first-order valence-corrected chi connectivity index (χ1v) is 9.15. The summed E-state index contributed by atoms with van der Waals surface area (Å²) in [6, 6.07) is 3.26. The summed E-state index contributed by atoms with van der Waals surface area (Å²) in [5.41, 5.74) is 6.51. The average molecular weight is 408 g/mol. The van der Waals surface area contributed by atoms with E-state index in [0.717, 1.165) is 0 Å². The van der Waals surface area contributed by atoms with Gasteiger partial charge in [-0.05, 0) is 30.5 Å². The van der Waals surface area contributed by atoms with Crippen LogP contribution in [-0.4, -0.2) is 58.6 Å². The summed E-state index contributed by atoms with van der Waals surface area (Å²) in [4.78, 5) is 47.5. The molecule has 0 bridgehead atoms. The maximum atomic E-state index is 12.7. The van der Waals surface area contributed by atoms with Crippen molar-refractivity contribution in [3.05, 3.63) is 29.8 Å². The Kier molecular flexibility index (Phi) is 9.07. The standard InChI is InChI=1S/C19H28N4O6/c1-10(2)16(20)19(29)23-14(8-12-4-6-13(24)7-5-12)18(28)22-11(3)17(27)21-9-15(25)26/h4-7,10-11,14,16,24H,8-9,20H2,1-3H3,(H,21,27)(H,22,28)(H,23,29)(H,25,26). The van der Waals surface area contributed by atoms with Crippen molar-refractivity contribution < 1.29 is 29.4 Å². The molecular formula is C19H28N4O6. The van der Waals surface area contributed by atoms with Crippen LogP contribution in [0.1, 0.15) is 26.3 Å². The number of aliphatic carboxylic acids is 1. The van der Waals surface area contributed by atoms with Gasteiger partial charge in [-0.25, -0.2) is 0 Å². The van der Waals surface area contributed by atoms with Crippen molar-refractivity contribution >= 4 is 23.7 Å². The highest BCUT2D eigenvalue weighted by molar-refractivity contribution is 5.93. The Balaban J connectivity index is 2.88. The first-order valence-electron chi connectivity index (χ1n) is 9.15. The van der Waals surface area contributed by atoms with Crippen LogP contribution in [0.3, 0.4) is 0 Å². The molecule has 0 aliphatic heterocycles. The van der Waals surface area contributed by atoms with Gasteiger partial charge in [0.1, 0.15) is 24.4 Å². The molecule has 0 radical (unpaired) electrons. The summed E-state index contributed by atoms with van der Waals surface area (Å²) >= 11 is 0. The summed E-state index contributed by atoms with van der Waals surface area (Å²) in [6.07, 6.45) is 0.103. The van der Waals surface area contributed by atoms with Crippen LogP contribution in [0.5, 0.6) is 5.75 Å². The number of aromatic hydroxyl groups is 1. The molecule has 1 aromatic carbocycles. The number of carbonyl (C=O) groups is 4. The molecule has 0 fully saturated rings. The zero-order valence-corrected chi connectivity index (χ0v) is 16.6. The molecule has 10 heteroatoms. The number of hydrogen-bond acceptors (Lipinski definition) is 6. The summed E-state index contributed by atoms with van der Waals surface area (Å²) in [5.74, 6) is -3.11. The molecule has 0 aliphatic rings. The number of rotatable bonds is 10. The highest BCUT2D eigenvalue weighted by Crippen LogP contribution is 2.12. The molecule has 7 N–H and O–H groups in total. The normalized spacial score (nSPS) is 13.8. The first-order chi connectivity index (χ1) is 13.5. The Morgan fingerprint density at radius 2 is 1.55 bits per heavy atom. The Hall–Kier alpha value is -3.14. The third-order valence-corrected chi connectivity index (χ3v) is 4.20. The van der Waals surface area contributed by atoms with Gasteiger partial charge in [-0.1, -0.05) is 26.0 Å². The molecule has 3 unspecified atom stereocenters. The number of amides is 3. The minimum atomic E-state index is -1.21. The van der Waals surface area contributed by atoms with E-state index in [2.05, 4.69) is 16.0 Å². The molecule has 29 heavy (non-hydrogen) atoms. The summed E-state index contributed by atoms with van der Waals surface area (Å²) in [7, 11) is 0. The van der Waals surface area contributed by atoms with Crippen molar-refractivity contribution in [1.29, 1.82) is 0 Å². The van der Waals surface area contributed by atoms with Gasteiger partial charge in [-0.3, -0.25) is 19.2 Å². The molecule has 160 valence electrons. The molecule has 1 rings (SSSR count). The van der Waals surface area contributed by atoms with Gasteiger partial charge in [0.25, 0.3) is 0 Å². The van der Waals surface area contributed by atoms with Crippen molar-refractivity contribution in [3.8, 4) is 5.75 Å². The highest BCUT2D eigenvalue weighted by atomic mass is 16.4. The van der Waals surface area contributed by atoms with Crippen LogP contribution in [0.4, 0.5) is 0 Å². The van der Waals surface area contributed by atoms with E-state index in [-0.39, 0.29) is 18.1 Å². The fourth-order valence-electron chi connectivity index (χ4n) is 2.34. The van der Waals surface area contributed by atoms with Crippen LogP contribution in [0.2, 0.25) is 0 Å². The van der Waals surface area contributed by atoms with Crippen LogP contribution in [-0.2, 0) is 25.6 Å². The lowest BCUT2D eigenvalue weighted by molar-refractivity contribution is -0.138. The molecule has 0 spiro atoms. The SMILES string of the molecule is CC(NC(=O)C(Cc1ccc(O)cc1)NC(=O)C(N)C(C)C)C(=O)NCC(=O)O. The van der Waals surface area contributed by atoms with E-state index in [1.54, 1.807) is 26.0 Å². The lowest BCUT2D eigenvalue weighted by atomic mass is 10.0. The van der Waals surface area contributed by atoms with Gasteiger partial charge in [0, 0.05) is 6.42 Å². The van der Waals surface area contributed by atoms with E-state index in [1.807, 2.05) is 0 Å². The van der Waals surface area contributed by atoms with E-state index in [4.69, 9.17) is 10.8 Å². The van der Waals surface area contributed by atoms with Gasteiger partial charge in [0.15, 0.2) is 0 Å². The number of phenols is 1. The third-order valence-electron chi connectivity index (χ3n) is 4.20. The number of nitrogens with two attached hydrogens (primary N) is 1. The van der Waals surface area contributed by atoms with Crippen LogP contribution < -0.4 is 21.7 Å². The molecule has 0 aromatic heterocycles. The van der Waals surface area contributed by atoms with Crippen molar-refractivity contribution in [2.75, 3.05) is 6.54 Å². The second-order valence-corrected chi connectivity index (χ2v) is 7.04. The van der Waals surface area contributed by atoms with E-state index >= 15 is 0 Å². The van der Waals surface area contributed by atoms with E-state index in [0.29, 0.717) is 5.56 Å². The molecule has 3 atom stereocenters. The van der Waals surface area contributed by atoms with Crippen molar-refractivity contribution in [3.63, 3.8) is 0 Å². The number of carbonyl (C=O) groups excluding carboxylic acids is 3. The third kappa shape index (κ3) is 8.18. The number of nitrogens with one attached hydrogen (secondary N) is 3. The Morgan fingerprint density at radius 3 is 2.07 bits per heavy atom. The fourth-order valence-corrected chi connectivity index (χ4v) is 2.34. The summed E-state index contributed by atoms with van der Waals surface area (Å²) < 4.78 is 0. The topological polar surface area (TPSA) is 171 Å². The van der Waals surface area contributed by atoms with Crippen molar-refractivity contribution in [2.24, 2.45) is 11.7 Å². The number of hydrogen-bond donors (Lipinski definition) is 6. The minimum absolute atomic E-state index is 0.0596. The maximum absolute atomic E-state index is 12.7. The first kappa shape index (κ1) is 23.9. The predicted octanol–water partition coefficient (Wildman–Crippen LogP) is -0.892. The van der Waals surface area contributed by atoms with Gasteiger partial charge in [0.2, 0.25) is 17.7 Å². The van der Waals surface area contributed by atoms with Gasteiger partial charge in [-0.2, -0.15) is 0 Å². The van der Waals surface area contributed by atoms with Gasteiger partial charge >= 0.3 is 5.97 Å². The second kappa shape index (κ2) is 11.0. The van der Waals surface area contributed by atoms with E-state index < -0.39 is 48.4 Å². The van der Waals surface area contributed by atoms with E-state index in [9.17, 15) is 24.3 Å². The smallest absolute Gasteiger partial charge is 0.322 e. The lowest BCUT2D eigenvalue weighted by Gasteiger charge is -2.23. The van der Waals surface area contributed by atoms with Gasteiger partial charge in [0.05, 0.1) is 6.04 Å². The Morgan fingerprint density at radius 1 is 0.966 bits per heavy atom. The van der Waals surface area contributed by atoms with Crippen LogP contribution in [0, 0.1) is 5.92 Å². The number of carboxylic acids is 1. The van der Waals surface area contributed by atoms with Crippen molar-refractivity contribution in [1.82, 2.24) is 16.0 Å². The zero-order valence-electron chi connectivity index (χ0n) is 16.6. The summed E-state index contributed by atoms with van der Waals surface area (Å²) in [6.45, 7) is 4.37. The highest BCUT2D eigenvalue weighted by Gasteiger charge is 2.27. The molecule has 0 saturated carbocycles. The summed E-state index contributed by atoms with van der Waals surface area (Å²) in [5, 5.41) is 25.2. The number of phenolic OH excluding ortho intramolecular Hbond substituents is 1. The molecule has 0 saturated heterocycles. The molecule has 1 aromatic rings. The second-order valence-electron chi connectivity index (χ2n) is 7.04. The minimum Gasteiger partial charge on any atom is -0.508 e. The average Bonchev–Trinajstić information content (AvgIpc) is 2.66. The molecule has 3 amide bonds. The van der Waals surface area contributed by atoms with Gasteiger partial charge < -0.3 is 31.9 Å². The monoisotopic (exact) mass is 408 g/mol. The maximum Gasteiger partial charge on any atom is 0.322 e. The fraction of sp³-hybridized carbons (Fsp3) is 0.474. The lowest BCUT2D eigenvalue weighted by Crippen LogP contribution is -2.56. The van der Waals surface area contributed by atoms with Gasteiger partial charge in [-0.15, -0.1) is 0 Å². The number of carboxylic acid groups (broad SMARTS) is 1. The quantitative estimate of drug-likeness (QED) is 0.291.